The lowest BCUT2D eigenvalue weighted by molar-refractivity contribution is -0.465. The highest BCUT2D eigenvalue weighted by molar-refractivity contribution is 5.74. The Bertz CT molecular complexity index is 516. The first-order valence-electron chi connectivity index (χ1n) is 3.92. The standard InChI is InChI=1S/C9H9N2O2/c1-7-3-2-4-8-9(7)11(13)6-5-10(8)12/h2-6,12H,1H3/q+1. The molecule has 1 aromatic carbocycles. The number of aromatic nitrogens is 2. The number of benzene rings is 1. The van der Waals surface area contributed by atoms with E-state index in [1.54, 1.807) is 12.1 Å². The van der Waals surface area contributed by atoms with E-state index in [0.29, 0.717) is 11.0 Å². The van der Waals surface area contributed by atoms with Gasteiger partial charge in [0.1, 0.15) is 6.20 Å². The normalized spacial score (nSPS) is 10.5. The van der Waals surface area contributed by atoms with E-state index in [-0.39, 0.29) is 0 Å². The van der Waals surface area contributed by atoms with E-state index in [9.17, 15) is 10.1 Å². The predicted octanol–water partition coefficient (Wildman–Crippen LogP) is 1.10. The maximum absolute atomic E-state index is 11.3. The molecule has 2 rings (SSSR count). The number of nitrogens with zero attached hydrogens (tertiary/aromatic N) is 2. The van der Waals surface area contributed by atoms with Crippen molar-refractivity contribution in [2.45, 2.75) is 6.92 Å². The molecule has 4 heteroatoms. The molecule has 0 aliphatic heterocycles. The van der Waals surface area contributed by atoms with Crippen LogP contribution in [0.1, 0.15) is 5.56 Å². The third-order valence-corrected chi connectivity index (χ3v) is 2.03. The first-order chi connectivity index (χ1) is 6.20. The monoisotopic (exact) mass is 177 g/mol. The van der Waals surface area contributed by atoms with Crippen LogP contribution in [0, 0.1) is 11.8 Å². The average Bonchev–Trinajstić information content (AvgIpc) is 2.12. The first-order valence-corrected chi connectivity index (χ1v) is 3.92. The maximum Gasteiger partial charge on any atom is 0.292 e. The Morgan fingerprint density at radius 3 is 2.92 bits per heavy atom. The predicted molar refractivity (Wildman–Crippen MR) is 47.2 cm³/mol. The van der Waals surface area contributed by atoms with Crippen molar-refractivity contribution < 1.29 is 9.63 Å². The van der Waals surface area contributed by atoms with Crippen LogP contribution in [0.4, 0.5) is 0 Å². The Morgan fingerprint density at radius 1 is 1.46 bits per heavy atom. The molecule has 0 saturated heterocycles. The maximum atomic E-state index is 11.3. The molecule has 0 saturated carbocycles. The summed E-state index contributed by atoms with van der Waals surface area (Å²) in [6, 6.07) is 5.32. The van der Waals surface area contributed by atoms with Gasteiger partial charge < -0.3 is 5.21 Å². The van der Waals surface area contributed by atoms with Crippen LogP contribution in [-0.2, 0) is 0 Å². The highest BCUT2D eigenvalue weighted by Crippen LogP contribution is 2.11. The van der Waals surface area contributed by atoms with Gasteiger partial charge in [-0.15, -0.1) is 0 Å². The van der Waals surface area contributed by atoms with E-state index < -0.39 is 0 Å². The van der Waals surface area contributed by atoms with Crippen LogP contribution in [0.5, 0.6) is 0 Å². The van der Waals surface area contributed by atoms with Crippen LogP contribution < -0.4 is 4.43 Å². The molecule has 0 fully saturated rings. The summed E-state index contributed by atoms with van der Waals surface area (Å²) in [5.41, 5.74) is 1.85. The molecule has 1 heterocycles. The van der Waals surface area contributed by atoms with Gasteiger partial charge in [0, 0.05) is 10.5 Å². The smallest absolute Gasteiger partial charge is 0.292 e. The van der Waals surface area contributed by atoms with Crippen LogP contribution in [0.2, 0.25) is 0 Å². The summed E-state index contributed by atoms with van der Waals surface area (Å²) in [5.74, 6) is 0. The number of fused-ring (bicyclic) bond motifs is 1. The molecule has 66 valence electrons. The molecule has 1 aromatic heterocycles. The average molecular weight is 177 g/mol. The molecule has 0 aliphatic rings. The molecule has 0 bridgehead atoms. The lowest BCUT2D eigenvalue weighted by Gasteiger charge is -1.98. The molecule has 13 heavy (non-hydrogen) atoms. The molecule has 0 spiro atoms. The van der Waals surface area contributed by atoms with Crippen LogP contribution >= 0.6 is 0 Å². The molecule has 0 amide bonds. The first kappa shape index (κ1) is 7.79. The fraction of sp³-hybridized carbons (Fsp3) is 0.111. The van der Waals surface area contributed by atoms with E-state index in [1.807, 2.05) is 13.0 Å². The van der Waals surface area contributed by atoms with Gasteiger partial charge >= 0.3 is 0 Å². The van der Waals surface area contributed by atoms with Gasteiger partial charge in [-0.3, -0.25) is 0 Å². The lowest BCUT2D eigenvalue weighted by atomic mass is 10.2. The van der Waals surface area contributed by atoms with Crippen molar-refractivity contribution >= 4 is 11.0 Å². The lowest BCUT2D eigenvalue weighted by Crippen LogP contribution is -2.17. The van der Waals surface area contributed by atoms with E-state index in [4.69, 9.17) is 0 Å². The van der Waals surface area contributed by atoms with Crippen molar-refractivity contribution in [1.82, 2.24) is 4.73 Å². The Hall–Kier alpha value is -1.84. The second-order valence-electron chi connectivity index (χ2n) is 2.91. The molecule has 0 radical (unpaired) electrons. The second-order valence-corrected chi connectivity index (χ2v) is 2.91. The molecule has 0 aliphatic carbocycles. The van der Waals surface area contributed by atoms with Crippen molar-refractivity contribution in [3.8, 4) is 0 Å². The SMILES string of the molecule is Cc1cccc2c1[n+](=O)ccn2O. The van der Waals surface area contributed by atoms with E-state index in [0.717, 1.165) is 14.7 Å². The van der Waals surface area contributed by atoms with Gasteiger partial charge in [0.2, 0.25) is 6.20 Å². The van der Waals surface area contributed by atoms with Gasteiger partial charge in [0.05, 0.1) is 4.43 Å². The molecule has 2 aromatic rings. The molecular weight excluding hydrogens is 168 g/mol. The molecule has 0 unspecified atom stereocenters. The number of hydrogen-bond acceptors (Lipinski definition) is 2. The molecule has 4 nitrogen and oxygen atoms in total. The summed E-state index contributed by atoms with van der Waals surface area (Å²) in [6.45, 7) is 1.83. The minimum Gasteiger partial charge on any atom is -0.428 e. The summed E-state index contributed by atoms with van der Waals surface area (Å²) in [6.07, 6.45) is 2.59. The van der Waals surface area contributed by atoms with E-state index in [1.165, 1.54) is 12.4 Å². The molecule has 1 N–H and O–H groups in total. The van der Waals surface area contributed by atoms with Crippen LogP contribution in [0.25, 0.3) is 11.0 Å². The number of aryl methyl sites for hydroxylation is 1. The minimum absolute atomic E-state index is 0.493. The summed E-state index contributed by atoms with van der Waals surface area (Å²) >= 11 is 0. The van der Waals surface area contributed by atoms with Crippen molar-refractivity contribution in [2.24, 2.45) is 0 Å². The quantitative estimate of drug-likeness (QED) is 0.484. The Balaban J connectivity index is 3.09. The zero-order chi connectivity index (χ0) is 9.42. The highest BCUT2D eigenvalue weighted by atomic mass is 16.5. The largest absolute Gasteiger partial charge is 0.428 e. The Labute approximate surface area is 74.2 Å². The number of rotatable bonds is 0. The molecular formula is C9H9N2O2+. The van der Waals surface area contributed by atoms with Gasteiger partial charge in [-0.1, -0.05) is 12.1 Å². The number of para-hydroxylation sites is 1. The fourth-order valence-corrected chi connectivity index (χ4v) is 1.39. The zero-order valence-corrected chi connectivity index (χ0v) is 7.14. The Kier molecular flexibility index (Phi) is 1.55. The number of hydrogen-bond donors (Lipinski definition) is 1. The van der Waals surface area contributed by atoms with Crippen LogP contribution in [0.15, 0.2) is 30.6 Å². The topological polar surface area (TPSA) is 48.1 Å². The Morgan fingerprint density at radius 2 is 2.23 bits per heavy atom. The fourth-order valence-electron chi connectivity index (χ4n) is 1.39. The third-order valence-electron chi connectivity index (χ3n) is 2.03. The second kappa shape index (κ2) is 2.58. The van der Waals surface area contributed by atoms with Crippen molar-refractivity contribution in [3.05, 3.63) is 41.1 Å². The minimum atomic E-state index is 0.493. The summed E-state index contributed by atoms with van der Waals surface area (Å²) in [4.78, 5) is 11.3. The summed E-state index contributed by atoms with van der Waals surface area (Å²) in [5, 5.41) is 9.38. The molecule has 0 atom stereocenters. The summed E-state index contributed by atoms with van der Waals surface area (Å²) < 4.78 is 1.69. The van der Waals surface area contributed by atoms with Crippen molar-refractivity contribution in [1.29, 1.82) is 0 Å². The van der Waals surface area contributed by atoms with E-state index >= 15 is 0 Å². The summed E-state index contributed by atoms with van der Waals surface area (Å²) in [7, 11) is 0. The van der Waals surface area contributed by atoms with Crippen LogP contribution in [-0.4, -0.2) is 9.94 Å². The van der Waals surface area contributed by atoms with Crippen molar-refractivity contribution in [2.75, 3.05) is 0 Å². The van der Waals surface area contributed by atoms with E-state index in [2.05, 4.69) is 0 Å². The van der Waals surface area contributed by atoms with Gasteiger partial charge in [-0.2, -0.15) is 4.73 Å². The van der Waals surface area contributed by atoms with Gasteiger partial charge in [0.15, 0.2) is 5.52 Å². The van der Waals surface area contributed by atoms with Gasteiger partial charge in [-0.25, -0.2) is 0 Å². The third kappa shape index (κ3) is 1.07. The highest BCUT2D eigenvalue weighted by Gasteiger charge is 2.11. The van der Waals surface area contributed by atoms with Gasteiger partial charge in [-0.05, 0) is 13.0 Å². The van der Waals surface area contributed by atoms with Gasteiger partial charge in [0.25, 0.3) is 5.52 Å². The van der Waals surface area contributed by atoms with Crippen molar-refractivity contribution in [3.63, 3.8) is 0 Å². The van der Waals surface area contributed by atoms with Crippen LogP contribution in [0.3, 0.4) is 0 Å². The zero-order valence-electron chi connectivity index (χ0n) is 7.14.